The van der Waals surface area contributed by atoms with Gasteiger partial charge in [0.15, 0.2) is 0 Å². The summed E-state index contributed by atoms with van der Waals surface area (Å²) in [6.07, 6.45) is -3.65. The van der Waals surface area contributed by atoms with Gasteiger partial charge in [0.25, 0.3) is 6.33 Å². The molecule has 0 spiro atoms. The molecule has 1 aliphatic rings. The molecule has 0 radical (unpaired) electrons. The molecule has 0 atom stereocenters. The maximum Gasteiger partial charge on any atom is 0.268 e. The van der Waals surface area contributed by atoms with Crippen molar-refractivity contribution in [2.75, 3.05) is 0 Å². The summed E-state index contributed by atoms with van der Waals surface area (Å²) < 4.78 is 189. The molecule has 0 saturated heterocycles. The number of para-hydroxylation sites is 1. The van der Waals surface area contributed by atoms with Crippen LogP contribution in [0.5, 0.6) is 11.5 Å². The van der Waals surface area contributed by atoms with Crippen LogP contribution in [0, 0.1) is 18.5 Å². The van der Waals surface area contributed by atoms with Crippen molar-refractivity contribution in [2.24, 2.45) is 0 Å². The second kappa shape index (κ2) is 19.4. The van der Waals surface area contributed by atoms with E-state index in [0.29, 0.717) is 39.4 Å². The van der Waals surface area contributed by atoms with Gasteiger partial charge in [0, 0.05) is 66.2 Å². The largest absolute Gasteiger partial charge is 0.510 e. The zero-order chi connectivity index (χ0) is 71.0. The zero-order valence-electron chi connectivity index (χ0n) is 65.1. The summed E-state index contributed by atoms with van der Waals surface area (Å²) in [6.45, 7) is 7.24. The predicted molar refractivity (Wildman–Crippen MR) is 321 cm³/mol. The molecule has 402 valence electrons. The zero-order valence-corrected chi connectivity index (χ0v) is 48.4. The fourth-order valence-electron chi connectivity index (χ4n) is 10.2. The average molecular weight is 1230 g/mol. The van der Waals surface area contributed by atoms with Crippen LogP contribution in [0.25, 0.3) is 72.3 Å². The SMILES string of the molecule is [2H]c1c([2H])c2c(c([2H])c1-c1cc(C(C)(C)C)cc(C(C)(C)C)c1-[n+]1[c-]n(-c3[c-]c(Oc4[c-]c5c(cc4)c4ccccc4n5-c4cc(C(C)(C)C)ccn4)ccc3)c3cc(-c4ccc(C(C)(C)C)cc4)ccc31)C(C([2H])([2H])[2H])(C([2H])([2H])[2H])C([2H])([2H])C([2H])([2H])C2(C([2H])([2H])[2H])C([2H])([2H])[2H].[Pt]. The van der Waals surface area contributed by atoms with Crippen LogP contribution in [0.4, 0.5) is 0 Å². The number of hydrogen-bond acceptors (Lipinski definition) is 2. The van der Waals surface area contributed by atoms with Crippen molar-refractivity contribution in [1.29, 1.82) is 0 Å². The van der Waals surface area contributed by atoms with Gasteiger partial charge >= 0.3 is 0 Å². The van der Waals surface area contributed by atoms with Gasteiger partial charge < -0.3 is 13.9 Å². The van der Waals surface area contributed by atoms with Crippen molar-refractivity contribution in [1.82, 2.24) is 14.1 Å². The number of benzene rings is 7. The number of imidazole rings is 1. The Morgan fingerprint density at radius 1 is 0.603 bits per heavy atom. The van der Waals surface area contributed by atoms with E-state index in [1.807, 2.05) is 114 Å². The van der Waals surface area contributed by atoms with E-state index in [9.17, 15) is 9.60 Å². The van der Waals surface area contributed by atoms with Crippen LogP contribution in [0.2, 0.25) is 0 Å². The number of ether oxygens (including phenoxy) is 1. The molecule has 7 aromatic carbocycles. The van der Waals surface area contributed by atoms with E-state index in [1.54, 1.807) is 39.6 Å². The van der Waals surface area contributed by atoms with Gasteiger partial charge in [-0.15, -0.1) is 29.7 Å². The first-order valence-corrected chi connectivity index (χ1v) is 26.0. The third-order valence-corrected chi connectivity index (χ3v) is 14.6. The quantitative estimate of drug-likeness (QED) is 0.118. The minimum atomic E-state index is -4.52. The first-order chi connectivity index (χ1) is 44.0. The monoisotopic (exact) mass is 1230 g/mol. The molecule has 0 N–H and O–H groups in total. The summed E-state index contributed by atoms with van der Waals surface area (Å²) in [7, 11) is 0. The smallest absolute Gasteiger partial charge is 0.268 e. The Morgan fingerprint density at radius 2 is 1.28 bits per heavy atom. The third-order valence-electron chi connectivity index (χ3n) is 14.6. The van der Waals surface area contributed by atoms with Gasteiger partial charge in [0.05, 0.1) is 20.8 Å². The first kappa shape index (κ1) is 35.9. The minimum absolute atomic E-state index is 0. The number of fused-ring (bicyclic) bond motifs is 5. The number of hydrogen-bond donors (Lipinski definition) is 0. The summed E-state index contributed by atoms with van der Waals surface area (Å²) in [5.41, 5.74) is -6.50. The van der Waals surface area contributed by atoms with Crippen LogP contribution in [0.3, 0.4) is 0 Å². The predicted octanol–water partition coefficient (Wildman–Crippen LogP) is 18.5. The molecular weight excluding hydrogens is 1130 g/mol. The van der Waals surface area contributed by atoms with Gasteiger partial charge in [-0.25, -0.2) is 4.98 Å². The van der Waals surface area contributed by atoms with Crippen LogP contribution >= 0.6 is 0 Å². The van der Waals surface area contributed by atoms with E-state index in [4.69, 9.17) is 26.2 Å². The Labute approximate surface area is 505 Å². The van der Waals surface area contributed by atoms with Gasteiger partial charge in [-0.3, -0.25) is 4.57 Å². The molecule has 0 fully saturated rings. The molecule has 3 aromatic heterocycles. The maximum absolute atomic E-state index is 10.5. The molecular formula is C72H76N4OPt-2. The molecule has 0 aliphatic heterocycles. The van der Waals surface area contributed by atoms with E-state index < -0.39 is 96.6 Å². The Morgan fingerprint density at radius 3 is 1.97 bits per heavy atom. The Balaban J connectivity index is 0.0000102. The van der Waals surface area contributed by atoms with Crippen molar-refractivity contribution in [3.8, 4) is 50.9 Å². The van der Waals surface area contributed by atoms with Crippen LogP contribution < -0.4 is 9.30 Å². The van der Waals surface area contributed by atoms with Gasteiger partial charge in [-0.1, -0.05) is 201 Å². The number of rotatable bonds is 7. The normalized spacial score (nSPS) is 20.2. The second-order valence-electron chi connectivity index (χ2n) is 24.6. The van der Waals surface area contributed by atoms with E-state index >= 15 is 0 Å². The minimum Gasteiger partial charge on any atom is -0.510 e. The standard InChI is InChI=1S/C72H76N4O.Pt/c1-67(2,3)49-28-24-46(25-29-49)47-27-33-62-64(39-47)74(45-75(62)66-57(40-51(69(7,8)9)41-60(66)70(10,11)12)48-26-32-58-59(38-48)72(15,16)36-35-71(58,13)14)52-20-19-21-53(43-52)77-54-30-31-56-55-22-17-18-23-61(55)76(63(56)44-54)65-42-50(34-37-73-65)68(4,5)6;/h17-34,37-42H,35-36H2,1-16H3;/q-2;/i13D3,14D3,15D3,16D3,26D,32D,35D2,36D2,38D;. The summed E-state index contributed by atoms with van der Waals surface area (Å²) in [5.74, 6) is 1.34. The van der Waals surface area contributed by atoms with Gasteiger partial charge in [0.2, 0.25) is 0 Å². The Bertz CT molecular complexity index is 4750. The Kier molecular flexibility index (Phi) is 8.90. The molecule has 78 heavy (non-hydrogen) atoms. The molecule has 1 aliphatic carbocycles. The van der Waals surface area contributed by atoms with Crippen molar-refractivity contribution in [3.05, 3.63) is 197 Å². The third kappa shape index (κ3) is 9.99. The van der Waals surface area contributed by atoms with E-state index in [1.165, 1.54) is 0 Å². The molecule has 0 amide bonds. The average Bonchev–Trinajstić information content (AvgIpc) is 1.10. The molecule has 0 unspecified atom stereocenters. The fourth-order valence-corrected chi connectivity index (χ4v) is 10.2. The summed E-state index contributed by atoms with van der Waals surface area (Å²) in [5, 5.41) is 1.91. The van der Waals surface area contributed by atoms with Crippen molar-refractivity contribution < 1.29 is 56.4 Å². The van der Waals surface area contributed by atoms with Crippen molar-refractivity contribution in [2.45, 2.75) is 156 Å². The molecule has 11 rings (SSSR count). The van der Waals surface area contributed by atoms with Crippen LogP contribution in [-0.4, -0.2) is 14.1 Å². The molecule has 3 heterocycles. The molecule has 6 heteroatoms. The van der Waals surface area contributed by atoms with Crippen LogP contribution in [0.1, 0.15) is 183 Å². The van der Waals surface area contributed by atoms with Gasteiger partial charge in [-0.2, -0.15) is 18.2 Å². The van der Waals surface area contributed by atoms with Gasteiger partial charge in [0.1, 0.15) is 5.82 Å². The summed E-state index contributed by atoms with van der Waals surface area (Å²) in [4.78, 5) is 4.84. The van der Waals surface area contributed by atoms with Crippen molar-refractivity contribution >= 4 is 32.8 Å². The fraction of sp³-hybridized carbons (Fsp3) is 0.333. The molecule has 5 nitrogen and oxygen atoms in total. The van der Waals surface area contributed by atoms with Crippen LogP contribution in [-0.2, 0) is 53.6 Å². The second-order valence-corrected chi connectivity index (χ2v) is 24.6. The van der Waals surface area contributed by atoms with E-state index in [0.717, 1.165) is 44.1 Å². The van der Waals surface area contributed by atoms with E-state index in [-0.39, 0.29) is 48.9 Å². The molecule has 0 bridgehead atoms. The molecule has 0 saturated carbocycles. The number of nitrogens with zero attached hydrogens (tertiary/aromatic N) is 4. The Hall–Kier alpha value is -6.55. The number of pyridine rings is 1. The van der Waals surface area contributed by atoms with Crippen LogP contribution in [0.15, 0.2) is 146 Å². The van der Waals surface area contributed by atoms with Gasteiger partial charge in [-0.05, 0) is 136 Å². The maximum atomic E-state index is 10.5. The number of aromatic nitrogens is 4. The topological polar surface area (TPSA) is 35.9 Å². The van der Waals surface area contributed by atoms with E-state index in [2.05, 4.69) is 88.8 Å². The van der Waals surface area contributed by atoms with Crippen molar-refractivity contribution in [3.63, 3.8) is 0 Å². The summed E-state index contributed by atoms with van der Waals surface area (Å²) >= 11 is 0. The first-order valence-electron chi connectivity index (χ1n) is 35.5. The molecule has 10 aromatic rings. The summed E-state index contributed by atoms with van der Waals surface area (Å²) in [6, 6.07) is 41.9.